The third-order valence-corrected chi connectivity index (χ3v) is 4.57. The zero-order valence-electron chi connectivity index (χ0n) is 16.3. The molecule has 0 fully saturated rings. The predicted molar refractivity (Wildman–Crippen MR) is 106 cm³/mol. The number of carbonyl (C=O) groups excluding carboxylic acids is 2. The smallest absolute Gasteiger partial charge is 0.416 e. The molecule has 0 bridgehead atoms. The molecule has 0 saturated heterocycles. The van der Waals surface area contributed by atoms with Gasteiger partial charge in [-0.3, -0.25) is 9.59 Å². The lowest BCUT2D eigenvalue weighted by atomic mass is 9.99. The summed E-state index contributed by atoms with van der Waals surface area (Å²) in [5.41, 5.74) is 5.05. The van der Waals surface area contributed by atoms with Crippen LogP contribution in [0.3, 0.4) is 0 Å². The van der Waals surface area contributed by atoms with Crippen molar-refractivity contribution >= 4 is 11.7 Å². The van der Waals surface area contributed by atoms with Gasteiger partial charge in [-0.15, -0.1) is 0 Å². The van der Waals surface area contributed by atoms with Gasteiger partial charge in [-0.25, -0.2) is 4.39 Å². The third kappa shape index (κ3) is 5.28. The summed E-state index contributed by atoms with van der Waals surface area (Å²) in [4.78, 5) is 24.0. The summed E-state index contributed by atoms with van der Waals surface area (Å²) < 4.78 is 58.6. The van der Waals surface area contributed by atoms with Gasteiger partial charge >= 0.3 is 6.18 Å². The van der Waals surface area contributed by atoms with Gasteiger partial charge in [0, 0.05) is 12.0 Å². The van der Waals surface area contributed by atoms with Crippen LogP contribution in [-0.4, -0.2) is 11.7 Å². The first-order valence-corrected chi connectivity index (χ1v) is 9.12. The lowest BCUT2D eigenvalue weighted by Gasteiger charge is -2.15. The number of carbonyl (C=O) groups is 2. The summed E-state index contributed by atoms with van der Waals surface area (Å²) in [6.07, 6.45) is -4.87. The van der Waals surface area contributed by atoms with E-state index in [2.05, 4.69) is 0 Å². The predicted octanol–water partition coefficient (Wildman–Crippen LogP) is 5.47. The topological polar surface area (TPSA) is 69.4 Å². The average molecular weight is 431 g/mol. The van der Waals surface area contributed by atoms with Crippen molar-refractivity contribution in [2.24, 2.45) is 5.73 Å². The van der Waals surface area contributed by atoms with Gasteiger partial charge in [-0.1, -0.05) is 12.1 Å². The second-order valence-electron chi connectivity index (χ2n) is 6.88. The highest BCUT2D eigenvalue weighted by molar-refractivity contribution is 6.00. The Hall–Kier alpha value is -3.68. The second kappa shape index (κ2) is 8.59. The first-order valence-electron chi connectivity index (χ1n) is 9.12. The van der Waals surface area contributed by atoms with Gasteiger partial charge in [0.15, 0.2) is 5.78 Å². The van der Waals surface area contributed by atoms with E-state index in [1.807, 2.05) is 0 Å². The molecule has 160 valence electrons. The third-order valence-electron chi connectivity index (χ3n) is 4.57. The van der Waals surface area contributed by atoms with E-state index in [4.69, 9.17) is 10.5 Å². The highest BCUT2D eigenvalue weighted by atomic mass is 19.4. The Kier molecular flexibility index (Phi) is 6.10. The Morgan fingerprint density at radius 1 is 0.935 bits per heavy atom. The van der Waals surface area contributed by atoms with E-state index in [-0.39, 0.29) is 29.0 Å². The van der Waals surface area contributed by atoms with Crippen LogP contribution < -0.4 is 10.5 Å². The quantitative estimate of drug-likeness (QED) is 0.416. The van der Waals surface area contributed by atoms with Crippen molar-refractivity contribution in [2.45, 2.75) is 19.5 Å². The number of benzene rings is 3. The number of hydrogen-bond donors (Lipinski definition) is 1. The number of hydrogen-bond acceptors (Lipinski definition) is 3. The Morgan fingerprint density at radius 2 is 1.58 bits per heavy atom. The highest BCUT2D eigenvalue weighted by Crippen LogP contribution is 2.35. The van der Waals surface area contributed by atoms with Crippen LogP contribution in [0.5, 0.6) is 11.5 Å². The summed E-state index contributed by atoms with van der Waals surface area (Å²) in [5, 5.41) is 0. The maximum atomic E-state index is 13.3. The maximum absolute atomic E-state index is 13.3. The van der Waals surface area contributed by atoms with Crippen LogP contribution in [0.15, 0.2) is 60.7 Å². The molecule has 3 rings (SSSR count). The summed E-state index contributed by atoms with van der Waals surface area (Å²) in [6.45, 7) is 1.57. The van der Waals surface area contributed by atoms with Crippen molar-refractivity contribution in [3.63, 3.8) is 0 Å². The monoisotopic (exact) mass is 431 g/mol. The van der Waals surface area contributed by atoms with E-state index < -0.39 is 29.2 Å². The zero-order valence-corrected chi connectivity index (χ0v) is 16.3. The molecule has 0 atom stereocenters. The zero-order chi connectivity index (χ0) is 22.8. The van der Waals surface area contributed by atoms with Crippen LogP contribution in [0.25, 0.3) is 0 Å². The van der Waals surface area contributed by atoms with Crippen LogP contribution >= 0.6 is 0 Å². The summed E-state index contributed by atoms with van der Waals surface area (Å²) in [6, 6.07) is 12.1. The lowest BCUT2D eigenvalue weighted by molar-refractivity contribution is -0.137. The minimum absolute atomic E-state index is 0.0820. The van der Waals surface area contributed by atoms with Crippen molar-refractivity contribution < 1.29 is 31.9 Å². The summed E-state index contributed by atoms with van der Waals surface area (Å²) >= 11 is 0. The number of primary amides is 1. The molecule has 0 aromatic heterocycles. The fourth-order valence-electron chi connectivity index (χ4n) is 2.93. The maximum Gasteiger partial charge on any atom is 0.416 e. The average Bonchev–Trinajstić information content (AvgIpc) is 2.70. The fourth-order valence-corrected chi connectivity index (χ4v) is 2.93. The number of aryl methyl sites for hydroxylation is 1. The minimum Gasteiger partial charge on any atom is -0.456 e. The normalized spacial score (nSPS) is 11.3. The number of alkyl halides is 3. The first-order chi connectivity index (χ1) is 14.5. The van der Waals surface area contributed by atoms with Gasteiger partial charge in [0.05, 0.1) is 11.1 Å². The molecule has 3 aromatic carbocycles. The van der Waals surface area contributed by atoms with Gasteiger partial charge in [0.2, 0.25) is 5.91 Å². The van der Waals surface area contributed by atoms with Crippen LogP contribution in [0.2, 0.25) is 0 Å². The van der Waals surface area contributed by atoms with E-state index in [9.17, 15) is 27.2 Å². The molecule has 3 aromatic rings. The number of nitrogens with two attached hydrogens (primary N) is 1. The van der Waals surface area contributed by atoms with E-state index in [1.165, 1.54) is 36.4 Å². The van der Waals surface area contributed by atoms with Crippen LogP contribution in [0.4, 0.5) is 17.6 Å². The number of ether oxygens (including phenoxy) is 1. The molecule has 0 aliphatic heterocycles. The molecule has 0 saturated carbocycles. The Labute approximate surface area is 175 Å². The number of halogens is 4. The van der Waals surface area contributed by atoms with Crippen LogP contribution in [0.1, 0.15) is 37.4 Å². The second-order valence-corrected chi connectivity index (χ2v) is 6.88. The Balaban J connectivity index is 1.96. The summed E-state index contributed by atoms with van der Waals surface area (Å²) in [5.74, 6) is -1.62. The van der Waals surface area contributed by atoms with Gasteiger partial charge < -0.3 is 10.5 Å². The van der Waals surface area contributed by atoms with Crippen molar-refractivity contribution in [2.75, 3.05) is 0 Å². The van der Waals surface area contributed by atoms with E-state index in [1.54, 1.807) is 6.92 Å². The van der Waals surface area contributed by atoms with Crippen LogP contribution in [0, 0.1) is 12.7 Å². The highest BCUT2D eigenvalue weighted by Gasteiger charge is 2.32. The van der Waals surface area contributed by atoms with E-state index in [0.717, 1.165) is 24.3 Å². The van der Waals surface area contributed by atoms with E-state index in [0.29, 0.717) is 11.1 Å². The molecular formula is C23H17F4NO3. The van der Waals surface area contributed by atoms with Crippen molar-refractivity contribution in [1.82, 2.24) is 0 Å². The van der Waals surface area contributed by atoms with Gasteiger partial charge in [0.25, 0.3) is 0 Å². The molecule has 0 radical (unpaired) electrons. The van der Waals surface area contributed by atoms with Crippen molar-refractivity contribution in [1.29, 1.82) is 0 Å². The Morgan fingerprint density at radius 3 is 2.16 bits per heavy atom. The molecule has 0 aliphatic rings. The van der Waals surface area contributed by atoms with Gasteiger partial charge in [-0.05, 0) is 66.6 Å². The SMILES string of the molecule is Cc1cc(F)ccc1Oc1ccc(C(F)(F)F)cc1C(=O)Cc1ccc(C(N)=O)cc1. The number of amides is 1. The number of Topliss-reactive ketones (excluding diaryl/α,β-unsaturated/α-hetero) is 1. The number of ketones is 1. The number of rotatable bonds is 6. The van der Waals surface area contributed by atoms with Gasteiger partial charge in [-0.2, -0.15) is 13.2 Å². The largest absolute Gasteiger partial charge is 0.456 e. The van der Waals surface area contributed by atoms with Gasteiger partial charge in [0.1, 0.15) is 17.3 Å². The minimum atomic E-state index is -4.65. The first kappa shape index (κ1) is 22.0. The molecule has 31 heavy (non-hydrogen) atoms. The lowest BCUT2D eigenvalue weighted by Crippen LogP contribution is -2.12. The molecule has 0 unspecified atom stereocenters. The molecule has 2 N–H and O–H groups in total. The standard InChI is InChI=1S/C23H17F4NO3/c1-13-10-17(24)7-9-20(13)31-21-8-6-16(23(25,26)27)12-18(21)19(29)11-14-2-4-15(5-3-14)22(28)30/h2-10,12H,11H2,1H3,(H2,28,30). The van der Waals surface area contributed by atoms with Crippen molar-refractivity contribution in [3.8, 4) is 11.5 Å². The molecular weight excluding hydrogens is 414 g/mol. The Bertz CT molecular complexity index is 1140. The summed E-state index contributed by atoms with van der Waals surface area (Å²) in [7, 11) is 0. The molecule has 8 heteroatoms. The van der Waals surface area contributed by atoms with Crippen LogP contribution in [-0.2, 0) is 12.6 Å². The molecule has 0 aliphatic carbocycles. The fraction of sp³-hybridized carbons (Fsp3) is 0.130. The molecule has 1 amide bonds. The molecule has 0 heterocycles. The van der Waals surface area contributed by atoms with Crippen molar-refractivity contribution in [3.05, 3.63) is 94.3 Å². The van der Waals surface area contributed by atoms with E-state index >= 15 is 0 Å². The molecule has 0 spiro atoms. The molecule has 4 nitrogen and oxygen atoms in total.